The van der Waals surface area contributed by atoms with Crippen molar-refractivity contribution >= 4 is 23.8 Å². The fourth-order valence-electron chi connectivity index (χ4n) is 4.13. The molecule has 2 aromatic carbocycles. The number of hydrogen-bond donors (Lipinski definition) is 2. The Hall–Kier alpha value is -4.34. The summed E-state index contributed by atoms with van der Waals surface area (Å²) in [6.45, 7) is 13.8. The lowest BCUT2D eigenvalue weighted by molar-refractivity contribution is -0.194. The van der Waals surface area contributed by atoms with Gasteiger partial charge in [0.25, 0.3) is 18.2 Å². The molecular weight excluding hydrogens is 612 g/mol. The maximum absolute atomic E-state index is 14.6. The summed E-state index contributed by atoms with van der Waals surface area (Å²) in [7, 11) is 0. The summed E-state index contributed by atoms with van der Waals surface area (Å²) in [4.78, 5) is 58.4. The SMILES string of the molecule is CC(C)(C)C(=O)ONC(=O)C(NC(=O)c1ccc(C#Cc2ccc(CN3CCOCC3)cc2)cc1)C(C)(OC(=O)C(C)(C)C)C(F)F. The minimum absolute atomic E-state index is 0.0197. The highest BCUT2D eigenvalue weighted by Gasteiger charge is 2.52. The number of carbonyl (C=O) groups excluding carboxylic acids is 4. The van der Waals surface area contributed by atoms with Gasteiger partial charge in [-0.15, -0.1) is 0 Å². The van der Waals surface area contributed by atoms with Crippen molar-refractivity contribution in [1.29, 1.82) is 0 Å². The third-order valence-corrected chi connectivity index (χ3v) is 7.29. The van der Waals surface area contributed by atoms with Gasteiger partial charge in [-0.2, -0.15) is 5.48 Å². The molecule has 1 saturated heterocycles. The van der Waals surface area contributed by atoms with E-state index in [0.717, 1.165) is 45.3 Å². The monoisotopic (exact) mass is 655 g/mol. The molecular formula is C35H43F2N3O7. The molecule has 2 unspecified atom stereocenters. The molecule has 1 fully saturated rings. The lowest BCUT2D eigenvalue weighted by Gasteiger charge is -2.37. The van der Waals surface area contributed by atoms with E-state index in [9.17, 15) is 28.0 Å². The molecule has 1 heterocycles. The number of hydrogen-bond acceptors (Lipinski definition) is 8. The fourth-order valence-corrected chi connectivity index (χ4v) is 4.13. The van der Waals surface area contributed by atoms with Gasteiger partial charge in [0.2, 0.25) is 0 Å². The Morgan fingerprint density at radius 3 is 1.83 bits per heavy atom. The van der Waals surface area contributed by atoms with Crippen LogP contribution < -0.4 is 10.8 Å². The molecule has 3 rings (SSSR count). The van der Waals surface area contributed by atoms with Crippen LogP contribution in [0.15, 0.2) is 48.5 Å². The molecule has 1 aliphatic rings. The van der Waals surface area contributed by atoms with Gasteiger partial charge in [-0.05, 0) is 90.4 Å². The molecule has 0 bridgehead atoms. The molecule has 254 valence electrons. The minimum Gasteiger partial charge on any atom is -0.450 e. The number of ether oxygens (including phenoxy) is 2. The lowest BCUT2D eigenvalue weighted by Crippen LogP contribution is -2.64. The van der Waals surface area contributed by atoms with E-state index in [0.29, 0.717) is 5.56 Å². The average molecular weight is 656 g/mol. The first-order chi connectivity index (χ1) is 21.9. The Kier molecular flexibility index (Phi) is 12.2. The van der Waals surface area contributed by atoms with Crippen LogP contribution in [0.2, 0.25) is 0 Å². The lowest BCUT2D eigenvalue weighted by atomic mass is 9.92. The van der Waals surface area contributed by atoms with Crippen molar-refractivity contribution in [2.75, 3.05) is 26.3 Å². The van der Waals surface area contributed by atoms with Crippen molar-refractivity contribution in [2.24, 2.45) is 10.8 Å². The third-order valence-electron chi connectivity index (χ3n) is 7.29. The van der Waals surface area contributed by atoms with Gasteiger partial charge < -0.3 is 19.6 Å². The van der Waals surface area contributed by atoms with Gasteiger partial charge in [-0.1, -0.05) is 24.0 Å². The first-order valence-corrected chi connectivity index (χ1v) is 15.2. The number of rotatable bonds is 8. The maximum atomic E-state index is 14.6. The van der Waals surface area contributed by atoms with Crippen molar-refractivity contribution in [1.82, 2.24) is 15.7 Å². The highest BCUT2D eigenvalue weighted by Crippen LogP contribution is 2.30. The van der Waals surface area contributed by atoms with Gasteiger partial charge in [0.15, 0.2) is 11.6 Å². The first kappa shape index (κ1) is 37.1. The van der Waals surface area contributed by atoms with E-state index >= 15 is 0 Å². The Morgan fingerprint density at radius 1 is 0.830 bits per heavy atom. The number of alkyl halides is 2. The molecule has 0 aliphatic carbocycles. The van der Waals surface area contributed by atoms with Crippen molar-refractivity contribution in [2.45, 2.75) is 73.1 Å². The van der Waals surface area contributed by atoms with Crippen LogP contribution in [0.4, 0.5) is 8.78 Å². The molecule has 0 saturated carbocycles. The molecule has 1 aliphatic heterocycles. The van der Waals surface area contributed by atoms with E-state index in [1.807, 2.05) is 29.7 Å². The summed E-state index contributed by atoms with van der Waals surface area (Å²) in [6.07, 6.45) is -3.42. The molecule has 2 aromatic rings. The Bertz CT molecular complexity index is 1480. The van der Waals surface area contributed by atoms with Gasteiger partial charge in [0, 0.05) is 36.3 Å². The number of esters is 1. The van der Waals surface area contributed by atoms with Crippen LogP contribution in [0, 0.1) is 22.7 Å². The number of amides is 2. The third kappa shape index (κ3) is 10.6. The Morgan fingerprint density at radius 2 is 1.34 bits per heavy atom. The smallest absolute Gasteiger partial charge is 0.337 e. The maximum Gasteiger partial charge on any atom is 0.337 e. The van der Waals surface area contributed by atoms with Gasteiger partial charge in [0.1, 0.15) is 0 Å². The van der Waals surface area contributed by atoms with Gasteiger partial charge in [0.05, 0.1) is 24.0 Å². The summed E-state index contributed by atoms with van der Waals surface area (Å²) in [5.41, 5.74) is -0.670. The molecule has 47 heavy (non-hydrogen) atoms. The van der Waals surface area contributed by atoms with Gasteiger partial charge in [-0.25, -0.2) is 13.6 Å². The number of halogens is 2. The van der Waals surface area contributed by atoms with Crippen molar-refractivity contribution in [3.8, 4) is 11.8 Å². The van der Waals surface area contributed by atoms with Crippen LogP contribution in [-0.4, -0.2) is 73.0 Å². The molecule has 0 spiro atoms. The number of nitrogens with zero attached hydrogens (tertiary/aromatic N) is 1. The number of hydroxylamine groups is 1. The summed E-state index contributed by atoms with van der Waals surface area (Å²) in [5.74, 6) is 1.97. The predicted octanol–water partition coefficient (Wildman–Crippen LogP) is 4.25. The van der Waals surface area contributed by atoms with Crippen LogP contribution in [0.25, 0.3) is 0 Å². The van der Waals surface area contributed by atoms with E-state index < -0.39 is 52.7 Å². The molecule has 2 atom stereocenters. The second kappa shape index (κ2) is 15.5. The molecule has 2 N–H and O–H groups in total. The second-order valence-electron chi connectivity index (χ2n) is 13.5. The number of carbonyl (C=O) groups is 4. The topological polar surface area (TPSA) is 123 Å². The molecule has 2 amide bonds. The summed E-state index contributed by atoms with van der Waals surface area (Å²) < 4.78 is 39.7. The molecule has 0 radical (unpaired) electrons. The van der Waals surface area contributed by atoms with Crippen LogP contribution in [0.5, 0.6) is 0 Å². The summed E-state index contributed by atoms with van der Waals surface area (Å²) in [5, 5.41) is 2.24. The van der Waals surface area contributed by atoms with Crippen LogP contribution >= 0.6 is 0 Å². The van der Waals surface area contributed by atoms with Crippen molar-refractivity contribution < 1.29 is 42.3 Å². The van der Waals surface area contributed by atoms with Crippen molar-refractivity contribution in [3.05, 3.63) is 70.8 Å². The molecule has 0 aromatic heterocycles. The normalized spacial score (nSPS) is 15.8. The zero-order chi connectivity index (χ0) is 35.0. The average Bonchev–Trinajstić information content (AvgIpc) is 3.01. The quantitative estimate of drug-likeness (QED) is 0.246. The minimum atomic E-state index is -3.42. The van der Waals surface area contributed by atoms with E-state index in [1.165, 1.54) is 59.2 Å². The fraction of sp³-hybridized carbons (Fsp3) is 0.486. The van der Waals surface area contributed by atoms with E-state index in [4.69, 9.17) is 14.3 Å². The van der Waals surface area contributed by atoms with Gasteiger partial charge >= 0.3 is 11.9 Å². The number of benzene rings is 2. The van der Waals surface area contributed by atoms with Gasteiger partial charge in [-0.3, -0.25) is 19.3 Å². The van der Waals surface area contributed by atoms with Crippen molar-refractivity contribution in [3.63, 3.8) is 0 Å². The zero-order valence-corrected chi connectivity index (χ0v) is 27.9. The largest absolute Gasteiger partial charge is 0.450 e. The Labute approximate surface area is 274 Å². The zero-order valence-electron chi connectivity index (χ0n) is 27.9. The Balaban J connectivity index is 1.77. The predicted molar refractivity (Wildman–Crippen MR) is 170 cm³/mol. The standard InChI is InChI=1S/C35H43F2N3O7/c1-33(2,3)31(43)46-35(7,30(36)37)27(29(42)39-47-32(44)34(4,5)6)38-28(41)26-16-14-24(15-17-26)9-8-23-10-12-25(13-11-23)22-40-18-20-45-21-19-40/h10-17,27,30H,18-22H2,1-7H3,(H,38,41)(H,39,42). The highest BCUT2D eigenvalue weighted by molar-refractivity contribution is 5.98. The highest BCUT2D eigenvalue weighted by atomic mass is 19.3. The number of nitrogens with one attached hydrogen (secondary N) is 2. The summed E-state index contributed by atoms with van der Waals surface area (Å²) >= 11 is 0. The second-order valence-corrected chi connectivity index (χ2v) is 13.5. The number of morpholine rings is 1. The first-order valence-electron chi connectivity index (χ1n) is 15.2. The summed E-state index contributed by atoms with van der Waals surface area (Å²) in [6, 6.07) is 11.7. The van der Waals surface area contributed by atoms with Crippen LogP contribution in [0.1, 0.15) is 75.5 Å². The molecule has 10 nitrogen and oxygen atoms in total. The van der Waals surface area contributed by atoms with Crippen LogP contribution in [0.3, 0.4) is 0 Å². The molecule has 12 heteroatoms. The van der Waals surface area contributed by atoms with Crippen LogP contribution in [-0.2, 0) is 35.2 Å². The van der Waals surface area contributed by atoms with E-state index in [1.54, 1.807) is 12.1 Å². The van der Waals surface area contributed by atoms with E-state index in [2.05, 4.69) is 22.1 Å². The van der Waals surface area contributed by atoms with E-state index in [-0.39, 0.29) is 5.56 Å².